The van der Waals surface area contributed by atoms with E-state index in [0.29, 0.717) is 0 Å². The number of carbonyl (C=O) groups excluding carboxylic acids is 5. The number of carboxylic acid groups (broad SMARTS) is 1. The van der Waals surface area contributed by atoms with Gasteiger partial charge in [-0.1, -0.05) is 30.3 Å². The Balaban J connectivity index is 3.04. The summed E-state index contributed by atoms with van der Waals surface area (Å²) in [5, 5.41) is 16.4. The van der Waals surface area contributed by atoms with Crippen LogP contribution in [0.25, 0.3) is 0 Å². The molecule has 1 rings (SSSR count). The Labute approximate surface area is 230 Å². The standard InChI is InChI=1S/C24H37N9O7/c25-14(11-13-5-2-1-3-6-13)20(36)31-15(7-4-10-30-24(28)29)21(37)33-17(12-19(27)35)22(38)32-16(23(39)40)8-9-18(26)34/h1-3,5-6,14-17H,4,7-12,25H2,(H2,26,34)(H2,27,35)(H,31,36)(H,32,38)(H,33,37)(H,39,40)(H4,28,29,30). The van der Waals surface area contributed by atoms with E-state index >= 15 is 0 Å². The van der Waals surface area contributed by atoms with Crippen LogP contribution < -0.4 is 44.6 Å². The number of nitrogens with one attached hydrogen (secondary N) is 3. The minimum atomic E-state index is -1.59. The second-order valence-corrected chi connectivity index (χ2v) is 8.94. The predicted octanol–water partition coefficient (Wildman–Crippen LogP) is -3.71. The molecule has 0 aromatic heterocycles. The number of hydrogen-bond acceptors (Lipinski definition) is 8. The van der Waals surface area contributed by atoms with Crippen LogP contribution in [0.4, 0.5) is 0 Å². The zero-order valence-corrected chi connectivity index (χ0v) is 21.9. The molecule has 0 heterocycles. The summed E-state index contributed by atoms with van der Waals surface area (Å²) in [6, 6.07) is 3.59. The van der Waals surface area contributed by atoms with Gasteiger partial charge in [-0.3, -0.25) is 29.0 Å². The number of hydrogen-bond donors (Lipinski definition) is 9. The van der Waals surface area contributed by atoms with Crippen LogP contribution in [0.1, 0.15) is 37.7 Å². The van der Waals surface area contributed by atoms with Crippen molar-refractivity contribution in [3.8, 4) is 0 Å². The second kappa shape index (κ2) is 17.0. The molecule has 0 fully saturated rings. The second-order valence-electron chi connectivity index (χ2n) is 8.94. The largest absolute Gasteiger partial charge is 0.480 e. The summed E-state index contributed by atoms with van der Waals surface area (Å²) in [7, 11) is 0. The predicted molar refractivity (Wildman–Crippen MR) is 144 cm³/mol. The topological polar surface area (TPSA) is 301 Å². The number of amides is 5. The first kappa shape index (κ1) is 33.3. The zero-order chi connectivity index (χ0) is 30.2. The van der Waals surface area contributed by atoms with Crippen LogP contribution in [0, 0.1) is 0 Å². The summed E-state index contributed by atoms with van der Waals surface area (Å²) in [5.41, 5.74) is 27.7. The molecule has 220 valence electrons. The number of rotatable bonds is 18. The van der Waals surface area contributed by atoms with Gasteiger partial charge in [0.2, 0.25) is 29.5 Å². The number of primary amides is 2. The Morgan fingerprint density at radius 2 is 1.35 bits per heavy atom. The van der Waals surface area contributed by atoms with E-state index in [9.17, 15) is 33.9 Å². The maximum Gasteiger partial charge on any atom is 0.326 e. The van der Waals surface area contributed by atoms with Crippen LogP contribution in [-0.2, 0) is 35.2 Å². The Morgan fingerprint density at radius 1 is 0.775 bits per heavy atom. The fourth-order valence-corrected chi connectivity index (χ4v) is 3.51. The van der Waals surface area contributed by atoms with Gasteiger partial charge >= 0.3 is 5.97 Å². The molecular formula is C24H37N9O7. The number of guanidine groups is 1. The van der Waals surface area contributed by atoms with Gasteiger partial charge in [-0.2, -0.15) is 0 Å². The quantitative estimate of drug-likeness (QED) is 0.0478. The SMILES string of the molecule is NC(=O)CCC(NC(=O)C(CC(N)=O)NC(=O)C(CCCN=C(N)N)NC(=O)C(N)Cc1ccccc1)C(=O)O. The Hall–Kier alpha value is -4.73. The molecule has 0 spiro atoms. The summed E-state index contributed by atoms with van der Waals surface area (Å²) < 4.78 is 0. The van der Waals surface area contributed by atoms with Crippen molar-refractivity contribution in [1.29, 1.82) is 0 Å². The molecule has 0 aliphatic heterocycles. The monoisotopic (exact) mass is 563 g/mol. The maximum atomic E-state index is 13.2. The third kappa shape index (κ3) is 13.2. The molecule has 4 atom stereocenters. The minimum Gasteiger partial charge on any atom is -0.480 e. The van der Waals surface area contributed by atoms with Crippen molar-refractivity contribution in [2.75, 3.05) is 6.54 Å². The van der Waals surface area contributed by atoms with Crippen molar-refractivity contribution >= 4 is 41.5 Å². The number of aliphatic carboxylic acids is 1. The molecule has 0 bridgehead atoms. The first-order valence-corrected chi connectivity index (χ1v) is 12.4. The summed E-state index contributed by atoms with van der Waals surface area (Å²) in [5.74, 6) is -5.95. The van der Waals surface area contributed by atoms with Gasteiger partial charge < -0.3 is 49.7 Å². The van der Waals surface area contributed by atoms with Gasteiger partial charge in [-0.15, -0.1) is 0 Å². The number of benzene rings is 1. The molecule has 0 aliphatic carbocycles. The number of carboxylic acids is 1. The molecule has 16 heteroatoms. The lowest BCUT2D eigenvalue weighted by Gasteiger charge is -2.24. The highest BCUT2D eigenvalue weighted by Gasteiger charge is 2.31. The lowest BCUT2D eigenvalue weighted by molar-refractivity contribution is -0.142. The van der Waals surface area contributed by atoms with Crippen LogP contribution in [0.15, 0.2) is 35.3 Å². The first-order chi connectivity index (χ1) is 18.8. The van der Waals surface area contributed by atoms with E-state index in [0.717, 1.165) is 5.56 Å². The van der Waals surface area contributed by atoms with E-state index in [1.165, 1.54) is 0 Å². The first-order valence-electron chi connectivity index (χ1n) is 12.4. The molecule has 5 amide bonds. The van der Waals surface area contributed by atoms with Crippen LogP contribution in [0.2, 0.25) is 0 Å². The summed E-state index contributed by atoms with van der Waals surface area (Å²) >= 11 is 0. The number of carbonyl (C=O) groups is 6. The van der Waals surface area contributed by atoms with Crippen molar-refractivity contribution in [2.45, 2.75) is 62.7 Å². The van der Waals surface area contributed by atoms with Gasteiger partial charge in [-0.05, 0) is 31.2 Å². The van der Waals surface area contributed by atoms with Gasteiger partial charge in [0.15, 0.2) is 5.96 Å². The van der Waals surface area contributed by atoms with Gasteiger partial charge in [0.25, 0.3) is 0 Å². The average molecular weight is 564 g/mol. The van der Waals surface area contributed by atoms with Crippen LogP contribution in [0.5, 0.6) is 0 Å². The Bertz CT molecular complexity index is 1080. The molecule has 4 unspecified atom stereocenters. The van der Waals surface area contributed by atoms with Gasteiger partial charge in [0.1, 0.15) is 18.1 Å². The molecular weight excluding hydrogens is 526 g/mol. The molecule has 40 heavy (non-hydrogen) atoms. The fraction of sp³-hybridized carbons (Fsp3) is 0.458. The van der Waals surface area contributed by atoms with Gasteiger partial charge in [-0.25, -0.2) is 4.79 Å². The molecule has 0 aliphatic rings. The molecule has 1 aromatic rings. The fourth-order valence-electron chi connectivity index (χ4n) is 3.51. The molecule has 14 N–H and O–H groups in total. The maximum absolute atomic E-state index is 13.2. The number of nitrogens with zero attached hydrogens (tertiary/aromatic N) is 1. The highest BCUT2D eigenvalue weighted by atomic mass is 16.4. The van der Waals surface area contributed by atoms with Crippen molar-refractivity contribution in [1.82, 2.24) is 16.0 Å². The lowest BCUT2D eigenvalue weighted by atomic mass is 10.0. The normalized spacial score (nSPS) is 13.5. The summed E-state index contributed by atoms with van der Waals surface area (Å²) in [6.45, 7) is 0.128. The Kier molecular flexibility index (Phi) is 14.1. The van der Waals surface area contributed by atoms with Gasteiger partial charge in [0.05, 0.1) is 12.5 Å². The summed E-state index contributed by atoms with van der Waals surface area (Å²) in [6.07, 6.45) is -0.891. The molecule has 1 aromatic carbocycles. The zero-order valence-electron chi connectivity index (χ0n) is 21.9. The third-order valence-corrected chi connectivity index (χ3v) is 5.55. The minimum absolute atomic E-state index is 0.0215. The highest BCUT2D eigenvalue weighted by Crippen LogP contribution is 2.06. The van der Waals surface area contributed by atoms with Crippen molar-refractivity contribution < 1.29 is 33.9 Å². The number of nitrogens with two attached hydrogens (primary N) is 5. The van der Waals surface area contributed by atoms with Crippen LogP contribution in [0.3, 0.4) is 0 Å². The average Bonchev–Trinajstić information content (AvgIpc) is 2.87. The van der Waals surface area contributed by atoms with E-state index in [4.69, 9.17) is 28.7 Å². The number of aliphatic imine (C=N–C) groups is 1. The Morgan fingerprint density at radius 3 is 1.90 bits per heavy atom. The smallest absolute Gasteiger partial charge is 0.326 e. The van der Waals surface area contributed by atoms with Crippen molar-refractivity contribution in [3.63, 3.8) is 0 Å². The van der Waals surface area contributed by atoms with E-state index in [1.54, 1.807) is 30.3 Å². The summed E-state index contributed by atoms with van der Waals surface area (Å²) in [4.78, 5) is 76.7. The third-order valence-electron chi connectivity index (χ3n) is 5.55. The molecule has 0 saturated carbocycles. The van der Waals surface area contributed by atoms with E-state index in [1.807, 2.05) is 0 Å². The van der Waals surface area contributed by atoms with Gasteiger partial charge in [0, 0.05) is 13.0 Å². The van der Waals surface area contributed by atoms with Crippen molar-refractivity contribution in [3.05, 3.63) is 35.9 Å². The lowest BCUT2D eigenvalue weighted by Crippen LogP contribution is -2.58. The molecule has 16 nitrogen and oxygen atoms in total. The highest BCUT2D eigenvalue weighted by molar-refractivity contribution is 5.96. The molecule has 0 radical (unpaired) electrons. The van der Waals surface area contributed by atoms with Crippen LogP contribution in [-0.4, -0.2) is 77.3 Å². The van der Waals surface area contributed by atoms with E-state index in [2.05, 4.69) is 20.9 Å². The van der Waals surface area contributed by atoms with E-state index in [-0.39, 0.29) is 44.6 Å². The molecule has 0 saturated heterocycles. The van der Waals surface area contributed by atoms with E-state index < -0.39 is 66.1 Å². The van der Waals surface area contributed by atoms with Crippen molar-refractivity contribution in [2.24, 2.45) is 33.7 Å². The van der Waals surface area contributed by atoms with Crippen LogP contribution >= 0.6 is 0 Å².